The highest BCUT2D eigenvalue weighted by molar-refractivity contribution is 5.92. The van der Waals surface area contributed by atoms with Gasteiger partial charge in [0.05, 0.1) is 13.1 Å². The molecular formula is C25H30N4O7. The van der Waals surface area contributed by atoms with Gasteiger partial charge >= 0.3 is 11.9 Å². The van der Waals surface area contributed by atoms with E-state index in [1.54, 1.807) is 54.6 Å². The minimum Gasteiger partial charge on any atom is -0.480 e. The third kappa shape index (κ3) is 10.3. The van der Waals surface area contributed by atoms with Crippen molar-refractivity contribution >= 4 is 29.7 Å². The second kappa shape index (κ2) is 14.2. The lowest BCUT2D eigenvalue weighted by Gasteiger charge is -2.23. The Kier molecular flexibility index (Phi) is 11.1. The van der Waals surface area contributed by atoms with Crippen LogP contribution < -0.4 is 16.4 Å². The summed E-state index contributed by atoms with van der Waals surface area (Å²) in [6.07, 6.45) is 0.0683. The fourth-order valence-corrected chi connectivity index (χ4v) is 3.53. The molecule has 2 aromatic carbocycles. The number of carboxylic acids is 2. The number of hydrogen-bond donors (Lipinski definition) is 5. The van der Waals surface area contributed by atoms with Crippen molar-refractivity contribution < 1.29 is 34.2 Å². The van der Waals surface area contributed by atoms with E-state index in [0.717, 1.165) is 16.0 Å². The molecule has 0 bridgehead atoms. The van der Waals surface area contributed by atoms with Crippen molar-refractivity contribution in [2.45, 2.75) is 31.3 Å². The molecule has 11 heteroatoms. The van der Waals surface area contributed by atoms with Crippen molar-refractivity contribution in [3.63, 3.8) is 0 Å². The smallest absolute Gasteiger partial charge is 0.317 e. The van der Waals surface area contributed by atoms with Crippen LogP contribution in [0.1, 0.15) is 17.5 Å². The van der Waals surface area contributed by atoms with Crippen LogP contribution in [0.2, 0.25) is 0 Å². The molecule has 0 fully saturated rings. The maximum atomic E-state index is 13.1. The summed E-state index contributed by atoms with van der Waals surface area (Å²) in [6, 6.07) is 15.9. The fourth-order valence-electron chi connectivity index (χ4n) is 3.53. The molecule has 0 saturated heterocycles. The van der Waals surface area contributed by atoms with Crippen molar-refractivity contribution in [2.24, 2.45) is 5.73 Å². The van der Waals surface area contributed by atoms with E-state index in [4.69, 9.17) is 15.9 Å². The molecule has 2 rings (SSSR count). The first-order chi connectivity index (χ1) is 17.1. The number of rotatable bonds is 15. The standard InChI is InChI=1S/C25H30N4O7/c26-24(35)19(13-17-7-3-1-4-8-17)28-25(36)20(14-18-9-5-2-6-10-18)27-21(30)11-12-29(15-22(31)32)16-23(33)34/h1-10,19-20H,11-16H2,(H2,26,35)(H,27,30)(H,28,36)(H,31,32)(H,33,34)/t19-,20-/m0/s1. The van der Waals surface area contributed by atoms with Gasteiger partial charge in [0.25, 0.3) is 0 Å². The minimum atomic E-state index is -1.23. The minimum absolute atomic E-state index is 0.128. The van der Waals surface area contributed by atoms with Gasteiger partial charge in [-0.25, -0.2) is 0 Å². The molecule has 3 amide bonds. The molecule has 0 radical (unpaired) electrons. The van der Waals surface area contributed by atoms with Gasteiger partial charge in [0.15, 0.2) is 0 Å². The molecule has 6 N–H and O–H groups in total. The number of amides is 3. The molecule has 0 aromatic heterocycles. The zero-order chi connectivity index (χ0) is 26.5. The second-order valence-electron chi connectivity index (χ2n) is 8.21. The molecule has 36 heavy (non-hydrogen) atoms. The quantitative estimate of drug-likeness (QED) is 0.224. The van der Waals surface area contributed by atoms with Gasteiger partial charge in [0, 0.05) is 25.8 Å². The molecule has 2 atom stereocenters. The first kappa shape index (κ1) is 28.0. The van der Waals surface area contributed by atoms with Crippen LogP contribution in [-0.4, -0.2) is 76.5 Å². The van der Waals surface area contributed by atoms with Crippen molar-refractivity contribution in [1.29, 1.82) is 0 Å². The van der Waals surface area contributed by atoms with Gasteiger partial charge < -0.3 is 26.6 Å². The van der Waals surface area contributed by atoms with E-state index in [2.05, 4.69) is 10.6 Å². The molecule has 0 saturated carbocycles. The van der Waals surface area contributed by atoms with Crippen LogP contribution in [0.3, 0.4) is 0 Å². The number of nitrogens with two attached hydrogens (primary N) is 1. The number of hydrogen-bond acceptors (Lipinski definition) is 6. The Hall–Kier alpha value is -4.25. The summed E-state index contributed by atoms with van der Waals surface area (Å²) in [5, 5.41) is 23.1. The highest BCUT2D eigenvalue weighted by Gasteiger charge is 2.26. The maximum Gasteiger partial charge on any atom is 0.317 e. The van der Waals surface area contributed by atoms with Crippen molar-refractivity contribution in [2.75, 3.05) is 19.6 Å². The third-order valence-electron chi connectivity index (χ3n) is 5.25. The lowest BCUT2D eigenvalue weighted by atomic mass is 10.0. The normalized spacial score (nSPS) is 12.4. The molecule has 0 spiro atoms. The van der Waals surface area contributed by atoms with E-state index in [9.17, 15) is 24.0 Å². The third-order valence-corrected chi connectivity index (χ3v) is 5.25. The topological polar surface area (TPSA) is 179 Å². The van der Waals surface area contributed by atoms with E-state index in [-0.39, 0.29) is 25.8 Å². The van der Waals surface area contributed by atoms with Gasteiger partial charge in [-0.3, -0.25) is 28.9 Å². The van der Waals surface area contributed by atoms with Crippen LogP contribution in [0.25, 0.3) is 0 Å². The summed E-state index contributed by atoms with van der Waals surface area (Å²) in [7, 11) is 0. The predicted octanol–water partition coefficient (Wildman–Crippen LogP) is -0.212. The summed E-state index contributed by atoms with van der Waals surface area (Å²) >= 11 is 0. The Balaban J connectivity index is 2.10. The molecule has 192 valence electrons. The Bertz CT molecular complexity index is 1030. The van der Waals surface area contributed by atoms with Gasteiger partial charge in [-0.05, 0) is 11.1 Å². The van der Waals surface area contributed by atoms with Crippen LogP contribution in [0.4, 0.5) is 0 Å². The number of carbonyl (C=O) groups is 5. The fraction of sp³-hybridized carbons (Fsp3) is 0.320. The van der Waals surface area contributed by atoms with Crippen LogP contribution >= 0.6 is 0 Å². The Morgan fingerprint density at radius 1 is 0.750 bits per heavy atom. The molecule has 0 unspecified atom stereocenters. The van der Waals surface area contributed by atoms with Gasteiger partial charge in [-0.2, -0.15) is 0 Å². The molecule has 0 aliphatic carbocycles. The van der Waals surface area contributed by atoms with Gasteiger partial charge in [-0.1, -0.05) is 60.7 Å². The molecular weight excluding hydrogens is 468 g/mol. The lowest BCUT2D eigenvalue weighted by molar-refractivity contribution is -0.142. The first-order valence-electron chi connectivity index (χ1n) is 11.3. The average molecular weight is 499 g/mol. The van der Waals surface area contributed by atoms with Gasteiger partial charge in [0.1, 0.15) is 12.1 Å². The monoisotopic (exact) mass is 498 g/mol. The SMILES string of the molecule is NC(=O)[C@H](Cc1ccccc1)NC(=O)[C@H](Cc1ccccc1)NC(=O)CCN(CC(=O)O)CC(=O)O. The van der Waals surface area contributed by atoms with Crippen molar-refractivity contribution in [1.82, 2.24) is 15.5 Å². The zero-order valence-corrected chi connectivity index (χ0v) is 19.6. The largest absolute Gasteiger partial charge is 0.480 e. The van der Waals surface area contributed by atoms with Crippen molar-refractivity contribution in [3.05, 3.63) is 71.8 Å². The summed E-state index contributed by atoms with van der Waals surface area (Å²) in [5.74, 6) is -4.37. The number of aliphatic carboxylic acids is 2. The number of carboxylic acid groups (broad SMARTS) is 2. The Morgan fingerprint density at radius 3 is 1.67 bits per heavy atom. The Morgan fingerprint density at radius 2 is 1.22 bits per heavy atom. The first-order valence-corrected chi connectivity index (χ1v) is 11.3. The van der Waals surface area contributed by atoms with E-state index >= 15 is 0 Å². The second-order valence-corrected chi connectivity index (χ2v) is 8.21. The highest BCUT2D eigenvalue weighted by atomic mass is 16.4. The predicted molar refractivity (Wildman–Crippen MR) is 130 cm³/mol. The number of carbonyl (C=O) groups excluding carboxylic acids is 3. The van der Waals surface area contributed by atoms with E-state index in [1.165, 1.54) is 0 Å². The van der Waals surface area contributed by atoms with Gasteiger partial charge in [-0.15, -0.1) is 0 Å². The summed E-state index contributed by atoms with van der Waals surface area (Å²) in [5.41, 5.74) is 7.06. The summed E-state index contributed by atoms with van der Waals surface area (Å²) in [6.45, 7) is -1.23. The summed E-state index contributed by atoms with van der Waals surface area (Å²) in [4.78, 5) is 60.8. The van der Waals surface area contributed by atoms with Gasteiger partial charge in [0.2, 0.25) is 17.7 Å². The maximum absolute atomic E-state index is 13.1. The molecule has 0 aliphatic heterocycles. The number of nitrogens with one attached hydrogen (secondary N) is 2. The van der Waals surface area contributed by atoms with E-state index in [1.807, 2.05) is 6.07 Å². The van der Waals surface area contributed by atoms with Crippen LogP contribution in [0, 0.1) is 0 Å². The average Bonchev–Trinajstić information content (AvgIpc) is 2.82. The lowest BCUT2D eigenvalue weighted by Crippen LogP contribution is -2.54. The highest BCUT2D eigenvalue weighted by Crippen LogP contribution is 2.07. The summed E-state index contributed by atoms with van der Waals surface area (Å²) < 4.78 is 0. The van der Waals surface area contributed by atoms with Crippen LogP contribution in [-0.2, 0) is 36.8 Å². The molecule has 2 aromatic rings. The van der Waals surface area contributed by atoms with Crippen LogP contribution in [0.5, 0.6) is 0 Å². The Labute approximate surface area is 208 Å². The number of primary amides is 1. The van der Waals surface area contributed by atoms with E-state index in [0.29, 0.717) is 0 Å². The molecule has 11 nitrogen and oxygen atoms in total. The molecule has 0 aliphatic rings. The zero-order valence-electron chi connectivity index (χ0n) is 19.6. The molecule has 0 heterocycles. The number of nitrogens with zero attached hydrogens (tertiary/aromatic N) is 1. The van der Waals surface area contributed by atoms with Crippen LogP contribution in [0.15, 0.2) is 60.7 Å². The van der Waals surface area contributed by atoms with E-state index < -0.39 is 54.8 Å². The van der Waals surface area contributed by atoms with Crippen molar-refractivity contribution in [3.8, 4) is 0 Å². The number of benzene rings is 2.